The third kappa shape index (κ3) is 9.66. The molecule has 2 aliphatic carbocycles. The van der Waals surface area contributed by atoms with E-state index in [2.05, 4.69) is 21.1 Å². The second kappa shape index (κ2) is 15.2. The molecular formula is C37H37F11O3. The zero-order valence-corrected chi connectivity index (χ0v) is 27.5. The van der Waals surface area contributed by atoms with E-state index in [0.29, 0.717) is 18.1 Å². The molecule has 0 radical (unpaired) electrons. The SMILES string of the molecule is CCCC1CCC(C2CCC(c3ccc(C(F)(F)Oc4cc(F)c(C(F)(F)Oc5ccc(C(F)(F)OC(F)(F)F)cc5)c(F)c4)cc3)CC2)CC1. The fourth-order valence-electron chi connectivity index (χ4n) is 7.44. The molecule has 0 unspecified atom stereocenters. The molecular weight excluding hydrogens is 701 g/mol. The Morgan fingerprint density at radius 2 is 1.04 bits per heavy atom. The van der Waals surface area contributed by atoms with E-state index in [1.54, 1.807) is 12.1 Å². The number of rotatable bonds is 12. The lowest BCUT2D eigenvalue weighted by atomic mass is 9.68. The second-order valence-electron chi connectivity index (χ2n) is 13.4. The molecule has 0 amide bonds. The van der Waals surface area contributed by atoms with Crippen LogP contribution in [0, 0.1) is 29.4 Å². The van der Waals surface area contributed by atoms with E-state index in [9.17, 15) is 39.5 Å². The fourth-order valence-corrected chi connectivity index (χ4v) is 7.44. The highest BCUT2D eigenvalue weighted by molar-refractivity contribution is 5.36. The van der Waals surface area contributed by atoms with E-state index in [0.717, 1.165) is 55.2 Å². The van der Waals surface area contributed by atoms with Crippen molar-refractivity contribution in [1.29, 1.82) is 0 Å². The van der Waals surface area contributed by atoms with Crippen molar-refractivity contribution in [2.75, 3.05) is 0 Å². The van der Waals surface area contributed by atoms with Crippen LogP contribution >= 0.6 is 0 Å². The Balaban J connectivity index is 1.19. The highest BCUT2D eigenvalue weighted by Gasteiger charge is 2.47. The summed E-state index contributed by atoms with van der Waals surface area (Å²) in [7, 11) is 0. The Morgan fingerprint density at radius 1 is 0.569 bits per heavy atom. The maximum absolute atomic E-state index is 15.1. The quantitative estimate of drug-likeness (QED) is 0.173. The molecule has 2 saturated carbocycles. The summed E-state index contributed by atoms with van der Waals surface area (Å²) in [4.78, 5) is 0. The van der Waals surface area contributed by atoms with Crippen LogP contribution in [0.4, 0.5) is 48.3 Å². The number of hydrogen-bond donors (Lipinski definition) is 0. The Kier molecular flexibility index (Phi) is 11.5. The van der Waals surface area contributed by atoms with Gasteiger partial charge < -0.3 is 9.47 Å². The lowest BCUT2D eigenvalue weighted by Crippen LogP contribution is -2.28. The van der Waals surface area contributed by atoms with E-state index in [1.165, 1.54) is 38.5 Å². The van der Waals surface area contributed by atoms with E-state index in [-0.39, 0.29) is 30.2 Å². The lowest BCUT2D eigenvalue weighted by molar-refractivity contribution is -0.431. The predicted octanol–water partition coefficient (Wildman–Crippen LogP) is 12.7. The van der Waals surface area contributed by atoms with Gasteiger partial charge >= 0.3 is 24.7 Å². The van der Waals surface area contributed by atoms with Crippen molar-refractivity contribution in [1.82, 2.24) is 0 Å². The summed E-state index contributed by atoms with van der Waals surface area (Å²) in [6, 6.07) is 6.93. The van der Waals surface area contributed by atoms with E-state index >= 15 is 8.78 Å². The summed E-state index contributed by atoms with van der Waals surface area (Å²) in [5.41, 5.74) is -3.14. The first-order chi connectivity index (χ1) is 23.9. The fraction of sp³-hybridized carbons (Fsp3) is 0.514. The molecule has 3 aromatic carbocycles. The molecule has 2 fully saturated rings. The van der Waals surface area contributed by atoms with Crippen LogP contribution in [0.2, 0.25) is 0 Å². The standard InChI is InChI=1S/C37H37F11O3/c1-2-3-22-4-6-23(7-5-22)24-8-10-25(11-9-24)26-12-14-27(15-13-26)34(40,41)50-30-20-31(38)33(32(39)21-30)36(44,45)49-29-18-16-28(17-19-29)35(42,43)51-37(46,47)48/h12-25H,2-11H2,1H3. The first kappa shape index (κ1) is 38.7. The zero-order chi connectivity index (χ0) is 37.2. The van der Waals surface area contributed by atoms with Gasteiger partial charge in [0.2, 0.25) is 0 Å². The van der Waals surface area contributed by atoms with Crippen LogP contribution in [0.15, 0.2) is 60.7 Å². The number of benzene rings is 3. The Bertz CT molecular complexity index is 1570. The molecule has 2 aliphatic rings. The molecule has 51 heavy (non-hydrogen) atoms. The molecule has 3 aromatic rings. The molecule has 0 bridgehead atoms. The summed E-state index contributed by atoms with van der Waals surface area (Å²) >= 11 is 0. The molecule has 0 saturated heterocycles. The molecule has 0 aromatic heterocycles. The number of halogens is 11. The predicted molar refractivity (Wildman–Crippen MR) is 164 cm³/mol. The van der Waals surface area contributed by atoms with Gasteiger partial charge in [0.05, 0.1) is 11.1 Å². The monoisotopic (exact) mass is 738 g/mol. The second-order valence-corrected chi connectivity index (χ2v) is 13.4. The van der Waals surface area contributed by atoms with Crippen molar-refractivity contribution in [3.63, 3.8) is 0 Å². The molecule has 0 atom stereocenters. The summed E-state index contributed by atoms with van der Waals surface area (Å²) < 4.78 is 165. The molecule has 0 N–H and O–H groups in total. The van der Waals surface area contributed by atoms with Crippen LogP contribution in [-0.2, 0) is 23.1 Å². The van der Waals surface area contributed by atoms with Crippen molar-refractivity contribution in [2.24, 2.45) is 17.8 Å². The lowest BCUT2D eigenvalue weighted by Gasteiger charge is -2.38. The average molecular weight is 739 g/mol. The van der Waals surface area contributed by atoms with Crippen LogP contribution in [0.25, 0.3) is 0 Å². The highest BCUT2D eigenvalue weighted by atomic mass is 19.4. The first-order valence-electron chi connectivity index (χ1n) is 16.9. The van der Waals surface area contributed by atoms with Crippen LogP contribution < -0.4 is 9.47 Å². The molecule has 280 valence electrons. The van der Waals surface area contributed by atoms with Gasteiger partial charge in [-0.3, -0.25) is 0 Å². The van der Waals surface area contributed by atoms with Crippen LogP contribution in [0.1, 0.15) is 99.3 Å². The minimum Gasteiger partial charge on any atom is -0.429 e. The van der Waals surface area contributed by atoms with Crippen LogP contribution in [-0.4, -0.2) is 6.36 Å². The van der Waals surface area contributed by atoms with E-state index in [4.69, 9.17) is 0 Å². The average Bonchev–Trinajstić information content (AvgIpc) is 3.04. The van der Waals surface area contributed by atoms with Gasteiger partial charge in [0.1, 0.15) is 28.7 Å². The molecule has 0 aliphatic heterocycles. The summed E-state index contributed by atoms with van der Waals surface area (Å²) in [6.07, 6.45) is -7.85. The van der Waals surface area contributed by atoms with E-state index < -0.39 is 64.5 Å². The van der Waals surface area contributed by atoms with Crippen LogP contribution in [0.3, 0.4) is 0 Å². The molecule has 3 nitrogen and oxygen atoms in total. The van der Waals surface area contributed by atoms with Gasteiger partial charge in [-0.2, -0.15) is 26.3 Å². The third-order valence-electron chi connectivity index (χ3n) is 9.98. The minimum atomic E-state index is -5.73. The Morgan fingerprint density at radius 3 is 1.55 bits per heavy atom. The summed E-state index contributed by atoms with van der Waals surface area (Å²) in [6.45, 7) is 2.22. The molecule has 14 heteroatoms. The highest BCUT2D eigenvalue weighted by Crippen LogP contribution is 2.45. The minimum absolute atomic E-state index is 0.102. The van der Waals surface area contributed by atoms with Gasteiger partial charge in [-0.1, -0.05) is 44.7 Å². The van der Waals surface area contributed by atoms with Gasteiger partial charge in [-0.05, 0) is 104 Å². The maximum atomic E-state index is 15.1. The van der Waals surface area contributed by atoms with Crippen molar-refractivity contribution < 1.29 is 62.5 Å². The number of ether oxygens (including phenoxy) is 3. The molecule has 5 rings (SSSR count). The number of alkyl halides is 9. The largest absolute Gasteiger partial charge is 0.527 e. The van der Waals surface area contributed by atoms with Gasteiger partial charge in [0.25, 0.3) is 0 Å². The normalized spacial score (nSPS) is 22.1. The van der Waals surface area contributed by atoms with Crippen molar-refractivity contribution in [3.05, 3.63) is 94.6 Å². The van der Waals surface area contributed by atoms with Gasteiger partial charge in [-0.15, -0.1) is 13.2 Å². The Hall–Kier alpha value is -3.55. The van der Waals surface area contributed by atoms with Gasteiger partial charge in [-0.25, -0.2) is 13.5 Å². The van der Waals surface area contributed by atoms with Gasteiger partial charge in [0.15, 0.2) is 0 Å². The van der Waals surface area contributed by atoms with Crippen molar-refractivity contribution in [2.45, 2.75) is 102 Å². The van der Waals surface area contributed by atoms with Crippen molar-refractivity contribution in [3.8, 4) is 11.5 Å². The maximum Gasteiger partial charge on any atom is 0.527 e. The topological polar surface area (TPSA) is 27.7 Å². The zero-order valence-electron chi connectivity index (χ0n) is 27.5. The summed E-state index contributed by atoms with van der Waals surface area (Å²) in [5, 5.41) is 0. The van der Waals surface area contributed by atoms with Crippen LogP contribution in [0.5, 0.6) is 11.5 Å². The third-order valence-corrected chi connectivity index (χ3v) is 9.98. The summed E-state index contributed by atoms with van der Waals surface area (Å²) in [5.74, 6) is -3.68. The smallest absolute Gasteiger partial charge is 0.429 e. The Labute approximate surface area is 288 Å². The van der Waals surface area contributed by atoms with Gasteiger partial charge in [0, 0.05) is 12.1 Å². The first-order valence-corrected chi connectivity index (χ1v) is 16.9. The molecule has 0 spiro atoms. The number of hydrogen-bond acceptors (Lipinski definition) is 3. The van der Waals surface area contributed by atoms with Crippen molar-refractivity contribution >= 4 is 0 Å². The van der Waals surface area contributed by atoms with E-state index in [1.807, 2.05) is 0 Å². The molecule has 0 heterocycles.